The van der Waals surface area contributed by atoms with Gasteiger partial charge in [0.25, 0.3) is 5.91 Å². The van der Waals surface area contributed by atoms with Gasteiger partial charge < -0.3 is 15.4 Å². The zero-order chi connectivity index (χ0) is 27.4. The molecule has 1 unspecified atom stereocenters. The number of rotatable bonds is 7. The van der Waals surface area contributed by atoms with E-state index in [2.05, 4.69) is 10.6 Å². The number of benzene rings is 3. The third-order valence-electron chi connectivity index (χ3n) is 6.83. The summed E-state index contributed by atoms with van der Waals surface area (Å²) >= 11 is 2.88. The first kappa shape index (κ1) is 27.0. The Kier molecular flexibility index (Phi) is 8.33. The Morgan fingerprint density at radius 1 is 0.897 bits per heavy atom. The second-order valence-electron chi connectivity index (χ2n) is 9.55. The number of esters is 1. The average Bonchev–Trinajstić information content (AvgIpc) is 3.12. The van der Waals surface area contributed by atoms with Crippen molar-refractivity contribution in [2.24, 2.45) is 0 Å². The Balaban J connectivity index is 1.26. The summed E-state index contributed by atoms with van der Waals surface area (Å²) in [5, 5.41) is 8.19. The largest absolute Gasteiger partial charge is 0.465 e. The average molecular weight is 559 g/mol. The van der Waals surface area contributed by atoms with Gasteiger partial charge in [0.05, 0.1) is 17.9 Å². The predicted molar refractivity (Wildman–Crippen MR) is 159 cm³/mol. The Bertz CT molecular complexity index is 1540. The van der Waals surface area contributed by atoms with Crippen LogP contribution >= 0.6 is 23.1 Å². The number of carbonyl (C=O) groups is 3. The van der Waals surface area contributed by atoms with Crippen LogP contribution in [0.1, 0.15) is 57.3 Å². The molecule has 1 aliphatic rings. The summed E-state index contributed by atoms with van der Waals surface area (Å²) in [5.41, 5.74) is 2.76. The van der Waals surface area contributed by atoms with Crippen LogP contribution in [0.25, 0.3) is 10.8 Å². The van der Waals surface area contributed by atoms with E-state index in [0.29, 0.717) is 21.8 Å². The Morgan fingerprint density at radius 3 is 2.51 bits per heavy atom. The van der Waals surface area contributed by atoms with Crippen LogP contribution in [-0.4, -0.2) is 30.1 Å². The number of amides is 2. The van der Waals surface area contributed by atoms with Gasteiger partial charge in [0.2, 0.25) is 5.91 Å². The van der Waals surface area contributed by atoms with Gasteiger partial charge in [-0.1, -0.05) is 42.8 Å². The molecule has 0 saturated heterocycles. The number of aryl methyl sites for hydroxylation is 1. The van der Waals surface area contributed by atoms with Crippen LogP contribution in [-0.2, 0) is 22.4 Å². The maximum Gasteiger partial charge on any atom is 0.341 e. The van der Waals surface area contributed by atoms with Crippen LogP contribution in [0.3, 0.4) is 0 Å². The van der Waals surface area contributed by atoms with Gasteiger partial charge in [-0.05, 0) is 79.3 Å². The lowest BCUT2D eigenvalue weighted by Crippen LogP contribution is -2.23. The van der Waals surface area contributed by atoms with Crippen molar-refractivity contribution >= 4 is 62.3 Å². The number of nitrogens with one attached hydrogen (secondary N) is 2. The monoisotopic (exact) mass is 558 g/mol. The number of thioether (sulfide) groups is 1. The highest BCUT2D eigenvalue weighted by Crippen LogP contribution is 2.38. The number of carbonyl (C=O) groups excluding carboxylic acids is 3. The Morgan fingerprint density at radius 2 is 1.69 bits per heavy atom. The van der Waals surface area contributed by atoms with E-state index in [0.717, 1.165) is 53.3 Å². The number of hydrogen-bond donors (Lipinski definition) is 2. The molecule has 5 rings (SSSR count). The second kappa shape index (κ2) is 12.1. The molecule has 0 bridgehead atoms. The number of thiophene rings is 1. The van der Waals surface area contributed by atoms with Crippen molar-refractivity contribution < 1.29 is 19.1 Å². The molecule has 0 saturated carbocycles. The summed E-state index contributed by atoms with van der Waals surface area (Å²) in [6.07, 6.45) is 5.00. The minimum Gasteiger partial charge on any atom is -0.465 e. The highest BCUT2D eigenvalue weighted by atomic mass is 32.2. The molecule has 6 nitrogen and oxygen atoms in total. The molecular formula is C31H30N2O4S2. The van der Waals surface area contributed by atoms with Crippen molar-refractivity contribution in [2.45, 2.75) is 49.2 Å². The molecule has 4 aromatic rings. The van der Waals surface area contributed by atoms with Gasteiger partial charge in [-0.3, -0.25) is 9.59 Å². The number of ether oxygens (including phenoxy) is 1. The topological polar surface area (TPSA) is 84.5 Å². The Hall–Kier alpha value is -3.62. The summed E-state index contributed by atoms with van der Waals surface area (Å²) in [6, 6.07) is 21.0. The van der Waals surface area contributed by atoms with Gasteiger partial charge in [0, 0.05) is 21.0 Å². The highest BCUT2D eigenvalue weighted by molar-refractivity contribution is 8.00. The normalized spacial score (nSPS) is 13.7. The zero-order valence-corrected chi connectivity index (χ0v) is 23.5. The van der Waals surface area contributed by atoms with Crippen LogP contribution in [0, 0.1) is 0 Å². The molecule has 3 aromatic carbocycles. The fourth-order valence-electron chi connectivity index (χ4n) is 4.80. The van der Waals surface area contributed by atoms with E-state index in [9.17, 15) is 14.4 Å². The number of fused-ring (bicyclic) bond motifs is 2. The fraction of sp³-hybridized carbons (Fsp3) is 0.258. The fourth-order valence-corrected chi connectivity index (χ4v) is 7.01. The van der Waals surface area contributed by atoms with Crippen LogP contribution in [0.15, 0.2) is 71.6 Å². The molecule has 1 atom stereocenters. The molecule has 2 N–H and O–H groups in total. The highest BCUT2D eigenvalue weighted by Gasteiger charge is 2.27. The molecule has 1 aliphatic carbocycles. The van der Waals surface area contributed by atoms with Crippen LogP contribution in [0.4, 0.5) is 10.7 Å². The molecule has 200 valence electrons. The molecule has 1 heterocycles. The first-order chi connectivity index (χ1) is 18.9. The van der Waals surface area contributed by atoms with Crippen molar-refractivity contribution in [3.63, 3.8) is 0 Å². The number of hydrogen-bond acceptors (Lipinski definition) is 6. The molecule has 0 aliphatic heterocycles. The van der Waals surface area contributed by atoms with Crippen LogP contribution in [0.5, 0.6) is 0 Å². The van der Waals surface area contributed by atoms with Crippen molar-refractivity contribution in [3.05, 3.63) is 88.3 Å². The van der Waals surface area contributed by atoms with E-state index in [1.54, 1.807) is 0 Å². The van der Waals surface area contributed by atoms with Gasteiger partial charge >= 0.3 is 5.97 Å². The molecule has 1 aromatic heterocycles. The maximum absolute atomic E-state index is 13.2. The lowest BCUT2D eigenvalue weighted by molar-refractivity contribution is -0.115. The molecule has 2 amide bonds. The number of anilines is 2. The van der Waals surface area contributed by atoms with Gasteiger partial charge in [-0.15, -0.1) is 23.1 Å². The molecule has 8 heteroatoms. The predicted octanol–water partition coefficient (Wildman–Crippen LogP) is 7.33. The van der Waals surface area contributed by atoms with Gasteiger partial charge in [-0.2, -0.15) is 0 Å². The van der Waals surface area contributed by atoms with E-state index in [-0.39, 0.29) is 11.8 Å². The smallest absolute Gasteiger partial charge is 0.341 e. The lowest BCUT2D eigenvalue weighted by atomic mass is 10.1. The minimum atomic E-state index is -0.427. The third kappa shape index (κ3) is 6.18. The van der Waals surface area contributed by atoms with Crippen LogP contribution in [0.2, 0.25) is 0 Å². The Labute approximate surface area is 236 Å². The quantitative estimate of drug-likeness (QED) is 0.141. The molecular weight excluding hydrogens is 528 g/mol. The maximum atomic E-state index is 13.2. The van der Waals surface area contributed by atoms with E-state index in [4.69, 9.17) is 4.74 Å². The van der Waals surface area contributed by atoms with Crippen LogP contribution < -0.4 is 10.6 Å². The van der Waals surface area contributed by atoms with E-state index in [1.807, 2.05) is 73.7 Å². The summed E-state index contributed by atoms with van der Waals surface area (Å²) < 4.78 is 5.05. The zero-order valence-electron chi connectivity index (χ0n) is 21.9. The first-order valence-corrected chi connectivity index (χ1v) is 14.7. The molecule has 39 heavy (non-hydrogen) atoms. The van der Waals surface area contributed by atoms with Gasteiger partial charge in [0.1, 0.15) is 5.00 Å². The SMILES string of the molecule is COC(=O)c1c(NC(=O)C(C)Sc2cccc(NC(=O)c3ccc4ccccc4c3)c2)sc2c1CCCCC2. The van der Waals surface area contributed by atoms with Gasteiger partial charge in [0.15, 0.2) is 0 Å². The molecule has 0 spiro atoms. The summed E-state index contributed by atoms with van der Waals surface area (Å²) in [5.74, 6) is -0.784. The summed E-state index contributed by atoms with van der Waals surface area (Å²) in [4.78, 5) is 40.7. The third-order valence-corrected chi connectivity index (χ3v) is 9.13. The van der Waals surface area contributed by atoms with Crippen molar-refractivity contribution in [2.75, 3.05) is 17.7 Å². The summed E-state index contributed by atoms with van der Waals surface area (Å²) in [7, 11) is 1.37. The lowest BCUT2D eigenvalue weighted by Gasteiger charge is -2.13. The molecule has 0 radical (unpaired) electrons. The molecule has 0 fully saturated rings. The van der Waals surface area contributed by atoms with Gasteiger partial charge in [-0.25, -0.2) is 4.79 Å². The minimum absolute atomic E-state index is 0.188. The van der Waals surface area contributed by atoms with Crippen molar-refractivity contribution in [1.82, 2.24) is 0 Å². The number of methoxy groups -OCH3 is 1. The second-order valence-corrected chi connectivity index (χ2v) is 12.1. The van der Waals surface area contributed by atoms with E-state index >= 15 is 0 Å². The summed E-state index contributed by atoms with van der Waals surface area (Å²) in [6.45, 7) is 1.83. The first-order valence-electron chi connectivity index (χ1n) is 13.0. The van der Waals surface area contributed by atoms with Crippen molar-refractivity contribution in [3.8, 4) is 0 Å². The van der Waals surface area contributed by atoms with E-state index < -0.39 is 11.2 Å². The van der Waals surface area contributed by atoms with E-state index in [1.165, 1.54) is 35.1 Å². The van der Waals surface area contributed by atoms with Crippen molar-refractivity contribution in [1.29, 1.82) is 0 Å². The standard InChI is InChI=1S/C31H30N2O4S2/c1-19(28(34)33-30-27(31(36)37-2)25-13-4-3-5-14-26(25)39-30)38-24-12-8-11-23(18-24)32-29(35)22-16-15-20-9-6-7-10-21(20)17-22/h6-12,15-19H,3-5,13-14H2,1-2H3,(H,32,35)(H,33,34).